The molecule has 4 heteroatoms. The van der Waals surface area contributed by atoms with Gasteiger partial charge < -0.3 is 9.84 Å². The fraction of sp³-hybridized carbons (Fsp3) is 0.100. The van der Waals surface area contributed by atoms with Gasteiger partial charge in [-0.3, -0.25) is 0 Å². The molecule has 0 atom stereocenters. The van der Waals surface area contributed by atoms with E-state index < -0.39 is 5.97 Å². The molecule has 1 N–H and O–H groups in total. The molecule has 0 saturated heterocycles. The number of methoxy groups -OCH3 is 1. The third kappa shape index (κ3) is 2.78. The Morgan fingerprint density at radius 3 is 2.86 bits per heavy atom. The van der Waals surface area contributed by atoms with Crippen molar-refractivity contribution in [2.75, 3.05) is 7.11 Å². The number of carboxylic acid groups (broad SMARTS) is 1. The van der Waals surface area contributed by atoms with Crippen molar-refractivity contribution in [3.63, 3.8) is 0 Å². The van der Waals surface area contributed by atoms with Crippen LogP contribution in [0, 0.1) is 0 Å². The second-order valence-corrected chi connectivity index (χ2v) is 2.97. The van der Waals surface area contributed by atoms with Crippen LogP contribution in [0.4, 0.5) is 0 Å². The van der Waals surface area contributed by atoms with E-state index in [1.165, 1.54) is 7.11 Å². The summed E-state index contributed by atoms with van der Waals surface area (Å²) in [4.78, 5) is 10.3. The highest BCUT2D eigenvalue weighted by Crippen LogP contribution is 2.22. The molecule has 3 nitrogen and oxygen atoms in total. The second kappa shape index (κ2) is 4.67. The van der Waals surface area contributed by atoms with Gasteiger partial charge in [0.15, 0.2) is 0 Å². The summed E-state index contributed by atoms with van der Waals surface area (Å²) in [6.45, 7) is 0. The molecule has 0 aromatic heterocycles. The lowest BCUT2D eigenvalue weighted by Crippen LogP contribution is -1.89. The van der Waals surface area contributed by atoms with Gasteiger partial charge in [-0.25, -0.2) is 4.79 Å². The predicted molar refractivity (Wildman–Crippen MR) is 54.5 cm³/mol. The minimum atomic E-state index is -1.07. The summed E-state index contributed by atoms with van der Waals surface area (Å²) in [7, 11) is 1.54. The molecule has 14 heavy (non-hydrogen) atoms. The SMILES string of the molecule is COc1cccc(/C(Cl)=C/C(=O)O)c1. The summed E-state index contributed by atoms with van der Waals surface area (Å²) in [6, 6.07) is 6.88. The van der Waals surface area contributed by atoms with Crippen LogP contribution in [0.1, 0.15) is 5.56 Å². The maximum Gasteiger partial charge on any atom is 0.329 e. The monoisotopic (exact) mass is 212 g/mol. The fourth-order valence-electron chi connectivity index (χ4n) is 0.963. The fourth-order valence-corrected chi connectivity index (χ4v) is 1.17. The largest absolute Gasteiger partial charge is 0.497 e. The highest BCUT2D eigenvalue weighted by atomic mass is 35.5. The lowest BCUT2D eigenvalue weighted by molar-refractivity contribution is -0.131. The number of carboxylic acids is 1. The number of ether oxygens (including phenoxy) is 1. The third-order valence-electron chi connectivity index (χ3n) is 1.60. The molecule has 0 radical (unpaired) electrons. The highest BCUT2D eigenvalue weighted by Gasteiger charge is 2.01. The average Bonchev–Trinajstić information content (AvgIpc) is 2.17. The molecule has 0 saturated carbocycles. The smallest absolute Gasteiger partial charge is 0.329 e. The van der Waals surface area contributed by atoms with Gasteiger partial charge in [0.05, 0.1) is 12.1 Å². The molecule has 0 heterocycles. The molecule has 74 valence electrons. The quantitative estimate of drug-likeness (QED) is 0.783. The Labute approximate surface area is 86.6 Å². The van der Waals surface area contributed by atoms with Crippen LogP contribution in [-0.4, -0.2) is 18.2 Å². The van der Waals surface area contributed by atoms with Crippen LogP contribution in [0.2, 0.25) is 0 Å². The number of aliphatic carboxylic acids is 1. The van der Waals surface area contributed by atoms with E-state index in [-0.39, 0.29) is 5.03 Å². The summed E-state index contributed by atoms with van der Waals surface area (Å²) >= 11 is 5.75. The van der Waals surface area contributed by atoms with Crippen molar-refractivity contribution >= 4 is 22.6 Å². The van der Waals surface area contributed by atoms with Gasteiger partial charge in [-0.05, 0) is 17.7 Å². The molecule has 0 unspecified atom stereocenters. The van der Waals surface area contributed by atoms with Gasteiger partial charge in [-0.1, -0.05) is 23.7 Å². The van der Waals surface area contributed by atoms with Crippen LogP contribution in [0.15, 0.2) is 30.3 Å². The first-order chi connectivity index (χ1) is 6.63. The lowest BCUT2D eigenvalue weighted by Gasteiger charge is -2.02. The lowest BCUT2D eigenvalue weighted by atomic mass is 10.2. The standard InChI is InChI=1S/C10H9ClO3/c1-14-8-4-2-3-7(5-8)9(11)6-10(12)13/h2-6H,1H3,(H,12,13)/b9-6-. The van der Waals surface area contributed by atoms with E-state index in [1.807, 2.05) is 0 Å². The van der Waals surface area contributed by atoms with E-state index in [1.54, 1.807) is 24.3 Å². The van der Waals surface area contributed by atoms with Crippen LogP contribution in [-0.2, 0) is 4.79 Å². The molecule has 1 rings (SSSR count). The van der Waals surface area contributed by atoms with Gasteiger partial charge in [-0.15, -0.1) is 0 Å². The molecule has 0 bridgehead atoms. The normalized spacial score (nSPS) is 11.1. The molecule has 0 aliphatic carbocycles. The van der Waals surface area contributed by atoms with Crippen molar-refractivity contribution in [2.24, 2.45) is 0 Å². The summed E-state index contributed by atoms with van der Waals surface area (Å²) in [5.41, 5.74) is 0.619. The Morgan fingerprint density at radius 1 is 1.57 bits per heavy atom. The molecule has 0 fully saturated rings. The minimum Gasteiger partial charge on any atom is -0.497 e. The van der Waals surface area contributed by atoms with Crippen molar-refractivity contribution < 1.29 is 14.6 Å². The Kier molecular flexibility index (Phi) is 3.54. The Bertz CT molecular complexity index is 371. The number of benzene rings is 1. The zero-order valence-corrected chi connectivity index (χ0v) is 8.28. The minimum absolute atomic E-state index is 0.177. The second-order valence-electron chi connectivity index (χ2n) is 2.56. The topological polar surface area (TPSA) is 46.5 Å². The van der Waals surface area contributed by atoms with E-state index in [0.29, 0.717) is 11.3 Å². The van der Waals surface area contributed by atoms with E-state index in [4.69, 9.17) is 21.4 Å². The summed E-state index contributed by atoms with van der Waals surface area (Å²) in [5.74, 6) is -0.433. The van der Waals surface area contributed by atoms with Crippen molar-refractivity contribution in [2.45, 2.75) is 0 Å². The molecule has 0 spiro atoms. The number of hydrogen-bond donors (Lipinski definition) is 1. The number of halogens is 1. The number of carbonyl (C=O) groups is 1. The molecular formula is C10H9ClO3. The van der Waals surface area contributed by atoms with Crippen molar-refractivity contribution in [3.8, 4) is 5.75 Å². The van der Waals surface area contributed by atoms with Gasteiger partial charge in [0.25, 0.3) is 0 Å². The van der Waals surface area contributed by atoms with Gasteiger partial charge in [-0.2, -0.15) is 0 Å². The summed E-state index contributed by atoms with van der Waals surface area (Å²) in [5, 5.41) is 8.66. The Balaban J connectivity index is 3.01. The molecule has 0 aliphatic heterocycles. The van der Waals surface area contributed by atoms with Gasteiger partial charge in [0, 0.05) is 6.08 Å². The molecular weight excluding hydrogens is 204 g/mol. The van der Waals surface area contributed by atoms with Crippen LogP contribution in [0.3, 0.4) is 0 Å². The number of hydrogen-bond acceptors (Lipinski definition) is 2. The zero-order valence-electron chi connectivity index (χ0n) is 7.53. The van der Waals surface area contributed by atoms with Crippen molar-refractivity contribution in [3.05, 3.63) is 35.9 Å². The van der Waals surface area contributed by atoms with Crippen LogP contribution < -0.4 is 4.74 Å². The van der Waals surface area contributed by atoms with Gasteiger partial charge in [0.2, 0.25) is 0 Å². The third-order valence-corrected chi connectivity index (χ3v) is 1.92. The maximum absolute atomic E-state index is 10.3. The first kappa shape index (κ1) is 10.6. The van der Waals surface area contributed by atoms with E-state index in [9.17, 15) is 4.79 Å². The Hall–Kier alpha value is -1.48. The van der Waals surface area contributed by atoms with Crippen molar-refractivity contribution in [1.82, 2.24) is 0 Å². The average molecular weight is 213 g/mol. The molecule has 1 aromatic carbocycles. The maximum atomic E-state index is 10.3. The van der Waals surface area contributed by atoms with Gasteiger partial charge in [0.1, 0.15) is 5.75 Å². The van der Waals surface area contributed by atoms with E-state index in [0.717, 1.165) is 6.08 Å². The highest BCUT2D eigenvalue weighted by molar-refractivity contribution is 6.50. The van der Waals surface area contributed by atoms with Crippen LogP contribution in [0.25, 0.3) is 5.03 Å². The van der Waals surface area contributed by atoms with Crippen molar-refractivity contribution in [1.29, 1.82) is 0 Å². The molecule has 1 aromatic rings. The molecule has 0 aliphatic rings. The zero-order chi connectivity index (χ0) is 10.6. The van der Waals surface area contributed by atoms with E-state index in [2.05, 4.69) is 0 Å². The van der Waals surface area contributed by atoms with Crippen LogP contribution in [0.5, 0.6) is 5.75 Å². The summed E-state index contributed by atoms with van der Waals surface area (Å²) < 4.78 is 4.98. The predicted octanol–water partition coefficient (Wildman–Crippen LogP) is 2.36. The first-order valence-electron chi connectivity index (χ1n) is 3.88. The number of rotatable bonds is 3. The first-order valence-corrected chi connectivity index (χ1v) is 4.26. The summed E-state index contributed by atoms with van der Waals surface area (Å²) in [6.07, 6.45) is 0.941. The van der Waals surface area contributed by atoms with Gasteiger partial charge >= 0.3 is 5.97 Å². The molecule has 0 amide bonds. The van der Waals surface area contributed by atoms with E-state index >= 15 is 0 Å². The Morgan fingerprint density at radius 2 is 2.29 bits per heavy atom. The van der Waals surface area contributed by atoms with Crippen LogP contribution >= 0.6 is 11.6 Å².